The molecule has 0 saturated carbocycles. The van der Waals surface area contributed by atoms with Crippen LogP contribution in [0.2, 0.25) is 16.6 Å². The van der Waals surface area contributed by atoms with E-state index >= 15 is 0 Å². The quantitative estimate of drug-likeness (QED) is 0.0441. The van der Waals surface area contributed by atoms with Crippen LogP contribution in [-0.4, -0.2) is 50.3 Å². The molecule has 4 rings (SSSR count). The van der Waals surface area contributed by atoms with Gasteiger partial charge in [-0.15, -0.1) is 0 Å². The lowest BCUT2D eigenvalue weighted by molar-refractivity contribution is 0.198. The highest BCUT2D eigenvalue weighted by molar-refractivity contribution is 6.77. The Kier molecular flexibility index (Phi) is 19.8. The van der Waals surface area contributed by atoms with Gasteiger partial charge in [0.05, 0.1) is 13.2 Å². The summed E-state index contributed by atoms with van der Waals surface area (Å²) in [7, 11) is -1.88. The summed E-state index contributed by atoms with van der Waals surface area (Å²) in [5.74, 6) is 1.52. The normalized spacial score (nSPS) is 13.2. The van der Waals surface area contributed by atoms with Crippen LogP contribution in [-0.2, 0) is 15.3 Å². The largest absolute Gasteiger partial charge is 0.491 e. The van der Waals surface area contributed by atoms with Crippen molar-refractivity contribution in [2.24, 2.45) is 0 Å². The van der Waals surface area contributed by atoms with Crippen LogP contribution in [0.5, 0.6) is 11.5 Å². The minimum absolute atomic E-state index is 0.0167. The van der Waals surface area contributed by atoms with Gasteiger partial charge in [0.25, 0.3) is 0 Å². The highest BCUT2D eigenvalue weighted by Crippen LogP contribution is 2.43. The highest BCUT2D eigenvalue weighted by atomic mass is 28.4. The predicted octanol–water partition coefficient (Wildman–Crippen LogP) is 12.7. The second-order valence-corrected chi connectivity index (χ2v) is 21.3. The zero-order valence-corrected chi connectivity index (χ0v) is 37.2. The Morgan fingerprint density at radius 2 is 0.897 bits per heavy atom. The van der Waals surface area contributed by atoms with Gasteiger partial charge >= 0.3 is 12.1 Å². The monoisotopic (exact) mass is 808 g/mol. The van der Waals surface area contributed by atoms with Gasteiger partial charge in [-0.05, 0) is 76.0 Å². The van der Waals surface area contributed by atoms with Gasteiger partial charge in [0.15, 0.2) is 19.1 Å². The third kappa shape index (κ3) is 12.1. The van der Waals surface area contributed by atoms with E-state index in [0.29, 0.717) is 35.6 Å². The smallest absolute Gasteiger partial charge is 0.366 e. The Bertz CT molecular complexity index is 1840. The maximum absolute atomic E-state index is 9.48. The van der Waals surface area contributed by atoms with E-state index in [0.717, 1.165) is 66.5 Å². The lowest BCUT2D eigenvalue weighted by atomic mass is 9.72. The molecule has 4 aromatic rings. The molecule has 8 nitrogen and oxygen atoms in total. The molecule has 0 aliphatic rings. The molecule has 0 heterocycles. The van der Waals surface area contributed by atoms with E-state index in [1.54, 1.807) is 0 Å². The van der Waals surface area contributed by atoms with Gasteiger partial charge in [0, 0.05) is 0 Å². The molecule has 0 aliphatic heterocycles. The van der Waals surface area contributed by atoms with Gasteiger partial charge in [-0.25, -0.2) is 0 Å². The van der Waals surface area contributed by atoms with Gasteiger partial charge in [-0.3, -0.25) is 0 Å². The summed E-state index contributed by atoms with van der Waals surface area (Å²) in [6.45, 7) is 19.5. The van der Waals surface area contributed by atoms with E-state index in [9.17, 15) is 10.4 Å². The number of rotatable bonds is 21. The molecule has 2 unspecified atom stereocenters. The van der Waals surface area contributed by atoms with Crippen molar-refractivity contribution in [3.63, 3.8) is 0 Å². The van der Waals surface area contributed by atoms with Crippen LogP contribution < -0.4 is 9.47 Å². The first-order valence-electron chi connectivity index (χ1n) is 21.1. The Balaban J connectivity index is 0.000000329. The summed E-state index contributed by atoms with van der Waals surface area (Å²) in [6, 6.07) is 41.9. The van der Waals surface area contributed by atoms with Crippen molar-refractivity contribution in [3.8, 4) is 23.6 Å². The fourth-order valence-electron chi connectivity index (χ4n) is 8.49. The first kappa shape index (κ1) is 47.6. The first-order chi connectivity index (χ1) is 28.0. The van der Waals surface area contributed by atoms with Crippen LogP contribution in [0.1, 0.15) is 116 Å². The average molecular weight is 809 g/mol. The summed E-state index contributed by atoms with van der Waals surface area (Å²) in [5.41, 5.74) is 4.64. The molecule has 0 amide bonds. The Labute approximate surface area is 349 Å². The molecule has 9 heteroatoms. The van der Waals surface area contributed by atoms with Gasteiger partial charge in [0.2, 0.25) is 10.0 Å². The highest BCUT2D eigenvalue weighted by Gasteiger charge is 2.45. The lowest BCUT2D eigenvalue weighted by Crippen LogP contribution is -2.48. The number of nitrogens with zero attached hydrogens (tertiary/aromatic N) is 2. The van der Waals surface area contributed by atoms with E-state index in [-0.39, 0.29) is 13.2 Å². The number of hydrogen-bond donors (Lipinski definition) is 3. The summed E-state index contributed by atoms with van der Waals surface area (Å²) in [5, 5.41) is 34.2. The third-order valence-corrected chi connectivity index (χ3v) is 17.4. The number of aliphatic hydroxyl groups is 1. The third-order valence-electron chi connectivity index (χ3n) is 11.3. The molecule has 0 aromatic heterocycles. The Hall–Kier alpha value is -4.80. The van der Waals surface area contributed by atoms with Gasteiger partial charge < -0.3 is 19.0 Å². The number of unbranched alkanes of at least 4 members (excludes halogenated alkanes) is 2. The van der Waals surface area contributed by atoms with Crippen molar-refractivity contribution in [2.75, 3.05) is 26.4 Å². The van der Waals surface area contributed by atoms with E-state index in [2.05, 4.69) is 102 Å². The zero-order chi connectivity index (χ0) is 42.4. The molecule has 58 heavy (non-hydrogen) atoms. The molecule has 2 atom stereocenters. The summed E-state index contributed by atoms with van der Waals surface area (Å²) in [4.78, 5) is 0. The van der Waals surface area contributed by atoms with Gasteiger partial charge in [-0.2, -0.15) is 10.4 Å². The molecular weight excluding hydrogens is 741 g/mol. The van der Waals surface area contributed by atoms with Crippen LogP contribution in [0, 0.1) is 12.1 Å². The summed E-state index contributed by atoms with van der Waals surface area (Å²) < 4.78 is 18.1. The number of ether oxygens (including phenoxy) is 2. The Morgan fingerprint density at radius 1 is 0.534 bits per heavy atom. The second-order valence-electron chi connectivity index (χ2n) is 15.8. The van der Waals surface area contributed by atoms with Crippen molar-refractivity contribution in [1.29, 1.82) is 0 Å². The van der Waals surface area contributed by atoms with Crippen molar-refractivity contribution in [3.05, 3.63) is 141 Å². The van der Waals surface area contributed by atoms with Crippen LogP contribution in [0.25, 0.3) is 10.0 Å². The van der Waals surface area contributed by atoms with Crippen LogP contribution in [0.3, 0.4) is 0 Å². The van der Waals surface area contributed by atoms with Gasteiger partial charge in [0.1, 0.15) is 24.7 Å². The Morgan fingerprint density at radius 3 is 1.22 bits per heavy atom. The van der Waals surface area contributed by atoms with Crippen molar-refractivity contribution in [1.82, 2.24) is 0 Å². The topological polar surface area (TPSA) is 97.1 Å². The second kappa shape index (κ2) is 24.2. The maximum atomic E-state index is 9.48. The molecule has 0 bridgehead atoms. The lowest BCUT2D eigenvalue weighted by Gasteiger charge is -2.42. The SMILES string of the molecule is CCCCC(C#[N+]O)(c1ccccc1)c1ccc(OCCO)cc1.CCCCC(C#[N+]O)(c1ccccc1)c1ccc(OCCO[Si](C(C)C)(C(C)C)C(C)C)cc1. The predicted molar refractivity (Wildman–Crippen MR) is 240 cm³/mol. The fraction of sp³-hybridized carbons (Fsp3) is 0.469. The molecule has 3 N–H and O–H groups in total. The fourth-order valence-corrected chi connectivity index (χ4v) is 13.9. The molecule has 0 fully saturated rings. The molecule has 0 spiro atoms. The minimum Gasteiger partial charge on any atom is -0.491 e. The van der Waals surface area contributed by atoms with E-state index < -0.39 is 19.1 Å². The zero-order valence-electron chi connectivity index (χ0n) is 36.2. The molecule has 0 saturated heterocycles. The minimum atomic E-state index is -1.88. The molecule has 312 valence electrons. The summed E-state index contributed by atoms with van der Waals surface area (Å²) in [6.07, 6.45) is 5.70. The van der Waals surface area contributed by atoms with Crippen molar-refractivity contribution >= 4 is 8.32 Å². The molecular formula is C49H68N2O6Si+2. The van der Waals surface area contributed by atoms with E-state index in [1.165, 1.54) is 0 Å². The van der Waals surface area contributed by atoms with Crippen molar-refractivity contribution in [2.45, 2.75) is 121 Å². The number of aliphatic hydroxyl groups excluding tert-OH is 1. The van der Waals surface area contributed by atoms with Gasteiger partial charge in [-0.1, -0.05) is 166 Å². The molecule has 0 radical (unpaired) electrons. The van der Waals surface area contributed by atoms with Crippen LogP contribution in [0.15, 0.2) is 109 Å². The summed E-state index contributed by atoms with van der Waals surface area (Å²) >= 11 is 0. The molecule has 4 aromatic carbocycles. The van der Waals surface area contributed by atoms with Crippen molar-refractivity contribution < 1.29 is 29.4 Å². The van der Waals surface area contributed by atoms with Crippen LogP contribution >= 0.6 is 0 Å². The number of hydrogen-bond acceptors (Lipinski definition) is 6. The molecule has 0 aliphatic carbocycles. The maximum Gasteiger partial charge on any atom is 0.366 e. The first-order valence-corrected chi connectivity index (χ1v) is 23.2. The van der Waals surface area contributed by atoms with E-state index in [4.69, 9.17) is 19.0 Å². The average Bonchev–Trinajstić information content (AvgIpc) is 3.24. The standard InChI is InChI=1S/C29H43NO3Si.C20H23NO3/c1-8-9-19-29(22-30-31,26-13-11-10-12-14-26)27-15-17-28(18-16-27)32-20-21-33-34(23(2)3,24(4)5)25(6)7;1-2-3-13-20(16-21-23,17-7-5-4-6-8-17)18-9-11-19(12-10-18)24-15-14-22/h10-18,23-25H,8-9,19-21H2,1-7H3;4-12,22H,2-3,13-15H2,1H3/p+2. The van der Waals surface area contributed by atoms with E-state index in [1.807, 2.05) is 84.9 Å². The number of benzene rings is 4. The van der Waals surface area contributed by atoms with Crippen LogP contribution in [0.4, 0.5) is 0 Å².